The summed E-state index contributed by atoms with van der Waals surface area (Å²) in [5, 5.41) is 0. The molecule has 0 N–H and O–H groups in total. The molecule has 0 spiro atoms. The highest BCUT2D eigenvalue weighted by atomic mass is 32.2. The second-order valence-electron chi connectivity index (χ2n) is 6.84. The summed E-state index contributed by atoms with van der Waals surface area (Å²) in [7, 11) is 0. The molecule has 2 aliphatic rings. The molecule has 2 saturated heterocycles. The molecule has 0 aromatic carbocycles. The fraction of sp³-hybridized carbons (Fsp3) is 0.933. The van der Waals surface area contributed by atoms with Gasteiger partial charge >= 0.3 is 0 Å². The molecular weight excluding hydrogens is 256 g/mol. The summed E-state index contributed by atoms with van der Waals surface area (Å²) in [6.45, 7) is 10.6. The van der Waals surface area contributed by atoms with Crippen LogP contribution in [0.3, 0.4) is 0 Å². The van der Waals surface area contributed by atoms with Crippen molar-refractivity contribution in [2.75, 3.05) is 37.7 Å². The first-order valence-corrected chi connectivity index (χ1v) is 8.75. The van der Waals surface area contributed by atoms with Crippen molar-refractivity contribution < 1.29 is 4.79 Å². The Kier molecular flexibility index (Phi) is 5.18. The number of thioether (sulfide) groups is 1. The van der Waals surface area contributed by atoms with Crippen LogP contribution in [0.5, 0.6) is 0 Å². The van der Waals surface area contributed by atoms with Crippen molar-refractivity contribution in [2.24, 2.45) is 5.41 Å². The molecular formula is C15H28N2OS. The SMILES string of the molecule is CC(C)(C)C(=O)N1CCCSCC1CN1CCCC1. The van der Waals surface area contributed by atoms with E-state index in [1.165, 1.54) is 31.7 Å². The average molecular weight is 284 g/mol. The van der Waals surface area contributed by atoms with E-state index in [4.69, 9.17) is 0 Å². The van der Waals surface area contributed by atoms with E-state index in [2.05, 4.69) is 9.80 Å². The molecule has 110 valence electrons. The van der Waals surface area contributed by atoms with Crippen molar-refractivity contribution in [3.63, 3.8) is 0 Å². The van der Waals surface area contributed by atoms with Crippen molar-refractivity contribution >= 4 is 17.7 Å². The Morgan fingerprint density at radius 3 is 2.47 bits per heavy atom. The third-order valence-electron chi connectivity index (χ3n) is 4.01. The Morgan fingerprint density at radius 1 is 1.16 bits per heavy atom. The minimum atomic E-state index is -0.252. The van der Waals surface area contributed by atoms with Gasteiger partial charge < -0.3 is 9.80 Å². The van der Waals surface area contributed by atoms with Gasteiger partial charge in [0.25, 0.3) is 0 Å². The van der Waals surface area contributed by atoms with E-state index in [0.717, 1.165) is 25.3 Å². The number of likely N-dealkylation sites (tertiary alicyclic amines) is 1. The molecule has 0 aliphatic carbocycles. The lowest BCUT2D eigenvalue weighted by molar-refractivity contribution is -0.141. The average Bonchev–Trinajstić information content (AvgIpc) is 2.73. The summed E-state index contributed by atoms with van der Waals surface area (Å²) >= 11 is 2.02. The van der Waals surface area contributed by atoms with Gasteiger partial charge in [-0.2, -0.15) is 11.8 Å². The molecule has 4 heteroatoms. The van der Waals surface area contributed by atoms with E-state index in [1.54, 1.807) is 0 Å². The van der Waals surface area contributed by atoms with Crippen molar-refractivity contribution in [2.45, 2.75) is 46.1 Å². The number of carbonyl (C=O) groups excluding carboxylic acids is 1. The van der Waals surface area contributed by atoms with Crippen LogP contribution < -0.4 is 0 Å². The molecule has 0 aromatic rings. The lowest BCUT2D eigenvalue weighted by Gasteiger charge is -2.36. The molecule has 2 rings (SSSR count). The van der Waals surface area contributed by atoms with Gasteiger partial charge in [-0.3, -0.25) is 4.79 Å². The van der Waals surface area contributed by atoms with Crippen LogP contribution in [-0.2, 0) is 4.79 Å². The second-order valence-corrected chi connectivity index (χ2v) is 7.99. The van der Waals surface area contributed by atoms with Gasteiger partial charge in [0.15, 0.2) is 0 Å². The molecule has 1 amide bonds. The van der Waals surface area contributed by atoms with Crippen molar-refractivity contribution in [1.29, 1.82) is 0 Å². The smallest absolute Gasteiger partial charge is 0.228 e. The van der Waals surface area contributed by atoms with E-state index in [-0.39, 0.29) is 5.41 Å². The maximum Gasteiger partial charge on any atom is 0.228 e. The first-order valence-electron chi connectivity index (χ1n) is 7.59. The Balaban J connectivity index is 2.04. The fourth-order valence-corrected chi connectivity index (χ4v) is 4.00. The van der Waals surface area contributed by atoms with Crippen molar-refractivity contribution in [3.05, 3.63) is 0 Å². The molecule has 1 atom stereocenters. The van der Waals surface area contributed by atoms with Crippen LogP contribution in [0.1, 0.15) is 40.0 Å². The number of amides is 1. The normalized spacial score (nSPS) is 26.5. The summed E-state index contributed by atoms with van der Waals surface area (Å²) in [6.07, 6.45) is 3.79. The topological polar surface area (TPSA) is 23.6 Å². The van der Waals surface area contributed by atoms with Gasteiger partial charge in [-0.05, 0) is 38.1 Å². The number of nitrogens with zero attached hydrogens (tertiary/aromatic N) is 2. The van der Waals surface area contributed by atoms with Crippen LogP contribution in [0.15, 0.2) is 0 Å². The van der Waals surface area contributed by atoms with Gasteiger partial charge in [-0.25, -0.2) is 0 Å². The maximum atomic E-state index is 12.7. The number of carbonyl (C=O) groups is 1. The highest BCUT2D eigenvalue weighted by Crippen LogP contribution is 2.25. The zero-order valence-electron chi connectivity index (χ0n) is 12.7. The highest BCUT2D eigenvalue weighted by Gasteiger charge is 2.33. The molecule has 0 bridgehead atoms. The highest BCUT2D eigenvalue weighted by molar-refractivity contribution is 7.99. The van der Waals surface area contributed by atoms with Gasteiger partial charge in [0.05, 0.1) is 6.04 Å². The van der Waals surface area contributed by atoms with Crippen LogP contribution >= 0.6 is 11.8 Å². The first kappa shape index (κ1) is 15.2. The van der Waals surface area contributed by atoms with E-state index in [1.807, 2.05) is 32.5 Å². The van der Waals surface area contributed by atoms with Crippen LogP contribution in [0, 0.1) is 5.41 Å². The largest absolute Gasteiger partial charge is 0.337 e. The van der Waals surface area contributed by atoms with Gasteiger partial charge in [-0.15, -0.1) is 0 Å². The summed E-state index contributed by atoms with van der Waals surface area (Å²) in [4.78, 5) is 17.4. The Labute approximate surface area is 122 Å². The predicted octanol–water partition coefficient (Wildman–Crippen LogP) is 2.46. The molecule has 0 saturated carbocycles. The number of hydrogen-bond donors (Lipinski definition) is 0. The lowest BCUT2D eigenvalue weighted by atomic mass is 9.93. The van der Waals surface area contributed by atoms with E-state index < -0.39 is 0 Å². The summed E-state index contributed by atoms with van der Waals surface area (Å²) in [5.74, 6) is 2.64. The molecule has 19 heavy (non-hydrogen) atoms. The molecule has 2 heterocycles. The summed E-state index contributed by atoms with van der Waals surface area (Å²) in [5.41, 5.74) is -0.252. The standard InChI is InChI=1S/C15H28N2OS/c1-15(2,3)14(18)17-9-6-10-19-12-13(17)11-16-7-4-5-8-16/h13H,4-12H2,1-3H3. The zero-order valence-corrected chi connectivity index (χ0v) is 13.5. The maximum absolute atomic E-state index is 12.7. The molecule has 3 nitrogen and oxygen atoms in total. The molecule has 1 unspecified atom stereocenters. The minimum Gasteiger partial charge on any atom is -0.337 e. The van der Waals surface area contributed by atoms with Crippen molar-refractivity contribution in [3.8, 4) is 0 Å². The quantitative estimate of drug-likeness (QED) is 0.778. The predicted molar refractivity (Wildman–Crippen MR) is 82.6 cm³/mol. The third-order valence-corrected chi connectivity index (χ3v) is 5.21. The number of rotatable bonds is 2. The first-order chi connectivity index (χ1) is 8.98. The van der Waals surface area contributed by atoms with Crippen LogP contribution in [-0.4, -0.2) is 59.4 Å². The van der Waals surface area contributed by atoms with E-state index in [9.17, 15) is 4.79 Å². The van der Waals surface area contributed by atoms with Crippen LogP contribution in [0.25, 0.3) is 0 Å². The van der Waals surface area contributed by atoms with Gasteiger partial charge in [0.2, 0.25) is 5.91 Å². The van der Waals surface area contributed by atoms with Crippen molar-refractivity contribution in [1.82, 2.24) is 9.80 Å². The number of hydrogen-bond acceptors (Lipinski definition) is 3. The Bertz CT molecular complexity index is 308. The zero-order chi connectivity index (χ0) is 13.9. The van der Waals surface area contributed by atoms with Crippen LogP contribution in [0.4, 0.5) is 0 Å². The second kappa shape index (κ2) is 6.49. The van der Waals surface area contributed by atoms with Gasteiger partial charge in [0, 0.05) is 24.3 Å². The molecule has 2 fully saturated rings. The monoisotopic (exact) mass is 284 g/mol. The van der Waals surface area contributed by atoms with E-state index >= 15 is 0 Å². The Morgan fingerprint density at radius 2 is 1.84 bits per heavy atom. The third kappa shape index (κ3) is 4.12. The lowest BCUT2D eigenvalue weighted by Crippen LogP contribution is -2.51. The molecule has 0 radical (unpaired) electrons. The summed E-state index contributed by atoms with van der Waals surface area (Å²) in [6, 6.07) is 0.414. The van der Waals surface area contributed by atoms with Gasteiger partial charge in [-0.1, -0.05) is 20.8 Å². The van der Waals surface area contributed by atoms with E-state index in [0.29, 0.717) is 11.9 Å². The molecule has 2 aliphatic heterocycles. The molecule has 0 aromatic heterocycles. The summed E-state index contributed by atoms with van der Waals surface area (Å²) < 4.78 is 0. The van der Waals surface area contributed by atoms with Gasteiger partial charge in [0.1, 0.15) is 0 Å². The Hall–Kier alpha value is -0.220. The fourth-order valence-electron chi connectivity index (χ4n) is 2.94. The van der Waals surface area contributed by atoms with Crippen LogP contribution in [0.2, 0.25) is 0 Å². The minimum absolute atomic E-state index is 0.252.